The van der Waals surface area contributed by atoms with Crippen molar-refractivity contribution < 1.29 is 4.79 Å². The third-order valence-corrected chi connectivity index (χ3v) is 4.10. The lowest BCUT2D eigenvalue weighted by Gasteiger charge is -2.37. The molecule has 1 saturated heterocycles. The summed E-state index contributed by atoms with van der Waals surface area (Å²) in [6.07, 6.45) is 3.67. The average Bonchev–Trinajstić information content (AvgIpc) is 2.46. The first-order chi connectivity index (χ1) is 9.20. The third-order valence-electron chi connectivity index (χ3n) is 4.10. The van der Waals surface area contributed by atoms with Crippen LogP contribution >= 0.6 is 0 Å². The monoisotopic (exact) mass is 260 g/mol. The number of nitrogens with zero attached hydrogens (tertiary/aromatic N) is 1. The summed E-state index contributed by atoms with van der Waals surface area (Å²) in [7, 11) is 0. The van der Waals surface area contributed by atoms with Crippen molar-refractivity contribution in [2.45, 2.75) is 38.6 Å². The van der Waals surface area contributed by atoms with Crippen LogP contribution in [0.4, 0.5) is 0 Å². The first kappa shape index (κ1) is 14.1. The lowest BCUT2D eigenvalue weighted by Crippen LogP contribution is -2.47. The summed E-state index contributed by atoms with van der Waals surface area (Å²) in [5, 5.41) is 0. The molecule has 0 bridgehead atoms. The van der Waals surface area contributed by atoms with Crippen molar-refractivity contribution in [1.82, 2.24) is 4.90 Å². The van der Waals surface area contributed by atoms with Crippen LogP contribution in [0.15, 0.2) is 30.3 Å². The Morgan fingerprint density at radius 2 is 2.05 bits per heavy atom. The molecule has 2 atom stereocenters. The molecule has 0 aromatic heterocycles. The normalized spacial score (nSPS) is 23.4. The zero-order valence-corrected chi connectivity index (χ0v) is 11.7. The molecule has 0 aliphatic carbocycles. The van der Waals surface area contributed by atoms with Gasteiger partial charge in [0, 0.05) is 19.0 Å². The summed E-state index contributed by atoms with van der Waals surface area (Å²) in [4.78, 5) is 14.4. The number of amides is 1. The molecule has 0 spiro atoms. The topological polar surface area (TPSA) is 46.3 Å². The first-order valence-electron chi connectivity index (χ1n) is 7.24. The van der Waals surface area contributed by atoms with Crippen LogP contribution in [0.25, 0.3) is 0 Å². The molecule has 1 aromatic carbocycles. The zero-order valence-electron chi connectivity index (χ0n) is 11.7. The number of hydrogen-bond donors (Lipinski definition) is 1. The van der Waals surface area contributed by atoms with E-state index in [2.05, 4.69) is 19.1 Å². The van der Waals surface area contributed by atoms with Gasteiger partial charge < -0.3 is 10.6 Å². The third kappa shape index (κ3) is 3.80. The van der Waals surface area contributed by atoms with Gasteiger partial charge in [0.05, 0.1) is 0 Å². The molecule has 0 saturated carbocycles. The Kier molecular flexibility index (Phi) is 4.97. The molecule has 1 amide bonds. The second-order valence-electron chi connectivity index (χ2n) is 5.56. The molecule has 1 aliphatic rings. The molecular formula is C16H24N2O. The quantitative estimate of drug-likeness (QED) is 0.902. The van der Waals surface area contributed by atoms with E-state index in [-0.39, 0.29) is 5.91 Å². The maximum absolute atomic E-state index is 12.3. The van der Waals surface area contributed by atoms with Crippen LogP contribution in [0.1, 0.15) is 31.7 Å². The van der Waals surface area contributed by atoms with Crippen molar-refractivity contribution in [3.05, 3.63) is 35.9 Å². The largest absolute Gasteiger partial charge is 0.340 e. The van der Waals surface area contributed by atoms with Crippen LogP contribution < -0.4 is 5.73 Å². The summed E-state index contributed by atoms with van der Waals surface area (Å²) in [6.45, 7) is 3.67. The fourth-order valence-corrected chi connectivity index (χ4v) is 2.76. The van der Waals surface area contributed by atoms with E-state index < -0.39 is 0 Å². The standard InChI is InChI=1S/C16H24N2O/c1-13-7-8-15(11-17)12-18(13)16(19)10-9-14-5-3-2-4-6-14/h2-6,13,15H,7-12,17H2,1H3. The average molecular weight is 260 g/mol. The number of nitrogens with two attached hydrogens (primary N) is 1. The minimum atomic E-state index is 0.273. The predicted octanol–water partition coefficient (Wildman–Crippen LogP) is 2.21. The fraction of sp³-hybridized carbons (Fsp3) is 0.562. The second kappa shape index (κ2) is 6.71. The van der Waals surface area contributed by atoms with Crippen molar-refractivity contribution >= 4 is 5.91 Å². The molecule has 1 heterocycles. The van der Waals surface area contributed by atoms with Crippen molar-refractivity contribution in [3.8, 4) is 0 Å². The van der Waals surface area contributed by atoms with Gasteiger partial charge in [-0.2, -0.15) is 0 Å². The SMILES string of the molecule is CC1CCC(CN)CN1C(=O)CCc1ccccc1. The molecule has 104 valence electrons. The van der Waals surface area contributed by atoms with Gasteiger partial charge in [-0.15, -0.1) is 0 Å². The van der Waals surface area contributed by atoms with Gasteiger partial charge in [-0.3, -0.25) is 4.79 Å². The van der Waals surface area contributed by atoms with E-state index in [9.17, 15) is 4.79 Å². The van der Waals surface area contributed by atoms with Crippen LogP contribution in [0.5, 0.6) is 0 Å². The number of benzene rings is 1. The molecule has 0 radical (unpaired) electrons. The molecule has 1 fully saturated rings. The van der Waals surface area contributed by atoms with Crippen molar-refractivity contribution in [3.63, 3.8) is 0 Å². The second-order valence-corrected chi connectivity index (χ2v) is 5.56. The van der Waals surface area contributed by atoms with Crippen LogP contribution in [-0.4, -0.2) is 29.9 Å². The number of carbonyl (C=O) groups is 1. The summed E-state index contributed by atoms with van der Waals surface area (Å²) in [5.74, 6) is 0.756. The summed E-state index contributed by atoms with van der Waals surface area (Å²) < 4.78 is 0. The van der Waals surface area contributed by atoms with Crippen molar-refractivity contribution in [2.75, 3.05) is 13.1 Å². The van der Waals surface area contributed by atoms with E-state index in [1.807, 2.05) is 23.1 Å². The lowest BCUT2D eigenvalue weighted by molar-refractivity contribution is -0.135. The fourth-order valence-electron chi connectivity index (χ4n) is 2.76. The van der Waals surface area contributed by atoms with Gasteiger partial charge in [-0.1, -0.05) is 30.3 Å². The summed E-state index contributed by atoms with van der Waals surface area (Å²) >= 11 is 0. The van der Waals surface area contributed by atoms with Gasteiger partial charge in [0.15, 0.2) is 0 Å². The highest BCUT2D eigenvalue weighted by atomic mass is 16.2. The Hall–Kier alpha value is -1.35. The van der Waals surface area contributed by atoms with Gasteiger partial charge in [0.25, 0.3) is 0 Å². The van der Waals surface area contributed by atoms with E-state index in [1.54, 1.807) is 0 Å². The Balaban J connectivity index is 1.88. The predicted molar refractivity (Wildman–Crippen MR) is 77.7 cm³/mol. The van der Waals surface area contributed by atoms with Gasteiger partial charge in [0.2, 0.25) is 5.91 Å². The smallest absolute Gasteiger partial charge is 0.223 e. The van der Waals surface area contributed by atoms with Gasteiger partial charge in [-0.05, 0) is 44.2 Å². The highest BCUT2D eigenvalue weighted by molar-refractivity contribution is 5.76. The Morgan fingerprint density at radius 3 is 2.74 bits per heavy atom. The molecule has 1 aromatic rings. The lowest BCUT2D eigenvalue weighted by atomic mass is 9.93. The summed E-state index contributed by atoms with van der Waals surface area (Å²) in [5.41, 5.74) is 6.97. The Labute approximate surface area is 115 Å². The molecule has 3 nitrogen and oxygen atoms in total. The number of piperidine rings is 1. The highest BCUT2D eigenvalue weighted by Crippen LogP contribution is 2.22. The molecule has 2 unspecified atom stereocenters. The molecule has 1 aliphatic heterocycles. The molecule has 19 heavy (non-hydrogen) atoms. The maximum Gasteiger partial charge on any atom is 0.223 e. The Morgan fingerprint density at radius 1 is 1.32 bits per heavy atom. The van der Waals surface area contributed by atoms with Gasteiger partial charge >= 0.3 is 0 Å². The number of likely N-dealkylation sites (tertiary alicyclic amines) is 1. The van der Waals surface area contributed by atoms with Crippen molar-refractivity contribution in [2.24, 2.45) is 11.7 Å². The molecule has 2 N–H and O–H groups in total. The van der Waals surface area contributed by atoms with Crippen molar-refractivity contribution in [1.29, 1.82) is 0 Å². The van der Waals surface area contributed by atoms with E-state index in [1.165, 1.54) is 5.56 Å². The van der Waals surface area contributed by atoms with E-state index in [4.69, 9.17) is 5.73 Å². The maximum atomic E-state index is 12.3. The van der Waals surface area contributed by atoms with Gasteiger partial charge in [-0.25, -0.2) is 0 Å². The van der Waals surface area contributed by atoms with E-state index >= 15 is 0 Å². The number of aryl methyl sites for hydroxylation is 1. The van der Waals surface area contributed by atoms with Crippen LogP contribution in [0, 0.1) is 5.92 Å². The highest BCUT2D eigenvalue weighted by Gasteiger charge is 2.27. The van der Waals surface area contributed by atoms with Crippen LogP contribution in [-0.2, 0) is 11.2 Å². The molecular weight excluding hydrogens is 236 g/mol. The van der Waals surface area contributed by atoms with E-state index in [0.29, 0.717) is 24.9 Å². The van der Waals surface area contributed by atoms with Crippen LogP contribution in [0.2, 0.25) is 0 Å². The number of carbonyl (C=O) groups excluding carboxylic acids is 1. The van der Waals surface area contributed by atoms with Gasteiger partial charge in [0.1, 0.15) is 0 Å². The molecule has 2 rings (SSSR count). The minimum absolute atomic E-state index is 0.273. The zero-order chi connectivity index (χ0) is 13.7. The minimum Gasteiger partial charge on any atom is -0.340 e. The van der Waals surface area contributed by atoms with Crippen LogP contribution in [0.3, 0.4) is 0 Å². The number of hydrogen-bond acceptors (Lipinski definition) is 2. The number of rotatable bonds is 4. The van der Waals surface area contributed by atoms with E-state index in [0.717, 1.165) is 25.8 Å². The molecule has 3 heteroatoms. The first-order valence-corrected chi connectivity index (χ1v) is 7.24. The Bertz CT molecular complexity index is 404. The summed E-state index contributed by atoms with van der Waals surface area (Å²) in [6, 6.07) is 10.6.